The first-order valence-corrected chi connectivity index (χ1v) is 10.3. The van der Waals surface area contributed by atoms with E-state index in [0.29, 0.717) is 27.3 Å². The van der Waals surface area contributed by atoms with Crippen LogP contribution in [0.3, 0.4) is 0 Å². The molecule has 2 heterocycles. The molecule has 3 N–H and O–H groups in total. The number of fused-ring (bicyclic) bond motifs is 1. The summed E-state index contributed by atoms with van der Waals surface area (Å²) in [5.41, 5.74) is 6.68. The second-order valence-electron chi connectivity index (χ2n) is 7.61. The SMILES string of the molecule is Cc1c(CC(=O)NCCC(=O)CCC(=O)ON2C(=O)CCC2=O)c(=O)oc2cc(N)ccc12. The first kappa shape index (κ1) is 23.6. The lowest BCUT2D eigenvalue weighted by molar-refractivity contribution is -0.197. The van der Waals surface area contributed by atoms with Crippen molar-refractivity contribution in [3.8, 4) is 0 Å². The smallest absolute Gasteiger partial charge is 0.340 e. The number of hydrogen-bond donors (Lipinski definition) is 2. The molecule has 11 heteroatoms. The first-order valence-electron chi connectivity index (χ1n) is 10.3. The highest BCUT2D eigenvalue weighted by Gasteiger charge is 2.32. The summed E-state index contributed by atoms with van der Waals surface area (Å²) in [5, 5.41) is 3.65. The lowest BCUT2D eigenvalue weighted by Gasteiger charge is -2.12. The van der Waals surface area contributed by atoms with E-state index < -0.39 is 29.3 Å². The fraction of sp³-hybridized carbons (Fsp3) is 0.364. The molecule has 0 spiro atoms. The Labute approximate surface area is 187 Å². The van der Waals surface area contributed by atoms with Crippen LogP contribution in [0, 0.1) is 6.92 Å². The summed E-state index contributed by atoms with van der Waals surface area (Å²) < 4.78 is 5.25. The van der Waals surface area contributed by atoms with E-state index in [1.807, 2.05) is 0 Å². The van der Waals surface area contributed by atoms with Gasteiger partial charge in [-0.15, -0.1) is 5.06 Å². The first-order chi connectivity index (χ1) is 15.7. The standard InChI is InChI=1S/C22H23N3O8/c1-12-15-4-2-13(23)10-17(15)32-22(31)16(12)11-18(27)24-9-8-14(26)3-7-21(30)33-25-19(28)5-6-20(25)29/h2,4,10H,3,5-9,11,23H2,1H3,(H,24,27). The van der Waals surface area contributed by atoms with Gasteiger partial charge in [0.2, 0.25) is 5.91 Å². The van der Waals surface area contributed by atoms with E-state index in [1.165, 1.54) is 6.07 Å². The van der Waals surface area contributed by atoms with Crippen LogP contribution in [-0.4, -0.2) is 41.1 Å². The minimum absolute atomic E-state index is 0.0139. The highest BCUT2D eigenvalue weighted by atomic mass is 16.7. The zero-order valence-corrected chi connectivity index (χ0v) is 18.0. The van der Waals surface area contributed by atoms with Gasteiger partial charge < -0.3 is 20.3 Å². The Balaban J connectivity index is 1.44. The number of nitrogen functional groups attached to an aromatic ring is 1. The molecule has 3 rings (SSSR count). The quantitative estimate of drug-likeness (QED) is 0.313. The van der Waals surface area contributed by atoms with Gasteiger partial charge in [0, 0.05) is 49.4 Å². The number of hydroxylamine groups is 2. The maximum Gasteiger partial charge on any atom is 0.340 e. The molecule has 1 saturated heterocycles. The lowest BCUT2D eigenvalue weighted by Crippen LogP contribution is -2.32. The predicted molar refractivity (Wildman–Crippen MR) is 114 cm³/mol. The fourth-order valence-electron chi connectivity index (χ4n) is 3.35. The van der Waals surface area contributed by atoms with Crippen molar-refractivity contribution in [2.45, 2.75) is 45.4 Å². The Hall–Kier alpha value is -4.02. The topological polar surface area (TPSA) is 166 Å². The van der Waals surface area contributed by atoms with Crippen LogP contribution in [0.4, 0.5) is 5.69 Å². The maximum atomic E-state index is 12.3. The number of carbonyl (C=O) groups is 5. The monoisotopic (exact) mass is 457 g/mol. The Bertz CT molecular complexity index is 1180. The lowest BCUT2D eigenvalue weighted by atomic mass is 10.0. The zero-order valence-electron chi connectivity index (χ0n) is 18.0. The van der Waals surface area contributed by atoms with Crippen molar-refractivity contribution < 1.29 is 33.2 Å². The van der Waals surface area contributed by atoms with Gasteiger partial charge in [0.1, 0.15) is 11.4 Å². The third kappa shape index (κ3) is 5.82. The van der Waals surface area contributed by atoms with Crippen LogP contribution >= 0.6 is 0 Å². The summed E-state index contributed by atoms with van der Waals surface area (Å²) in [7, 11) is 0. The van der Waals surface area contributed by atoms with Crippen molar-refractivity contribution in [2.24, 2.45) is 0 Å². The van der Waals surface area contributed by atoms with E-state index in [0.717, 1.165) is 0 Å². The molecule has 0 unspecified atom stereocenters. The summed E-state index contributed by atoms with van der Waals surface area (Å²) in [6, 6.07) is 4.92. The van der Waals surface area contributed by atoms with Gasteiger partial charge in [-0.25, -0.2) is 9.59 Å². The number of nitrogens with zero attached hydrogens (tertiary/aromatic N) is 1. The van der Waals surface area contributed by atoms with Gasteiger partial charge in [-0.05, 0) is 24.6 Å². The number of nitrogens with one attached hydrogen (secondary N) is 1. The van der Waals surface area contributed by atoms with Crippen LogP contribution in [0.5, 0.6) is 0 Å². The molecule has 11 nitrogen and oxygen atoms in total. The van der Waals surface area contributed by atoms with Crippen molar-refractivity contribution in [2.75, 3.05) is 12.3 Å². The molecule has 1 aliphatic heterocycles. The van der Waals surface area contributed by atoms with E-state index in [1.54, 1.807) is 19.1 Å². The number of aryl methyl sites for hydroxylation is 1. The average Bonchev–Trinajstić information content (AvgIpc) is 3.07. The maximum absolute atomic E-state index is 12.3. The molecule has 0 bridgehead atoms. The number of carbonyl (C=O) groups excluding carboxylic acids is 5. The van der Waals surface area contributed by atoms with Gasteiger partial charge in [-0.3, -0.25) is 19.2 Å². The third-order valence-corrected chi connectivity index (χ3v) is 5.18. The Morgan fingerprint density at radius 1 is 1.09 bits per heavy atom. The predicted octanol–water partition coefficient (Wildman–Crippen LogP) is 0.689. The molecular weight excluding hydrogens is 434 g/mol. The summed E-state index contributed by atoms with van der Waals surface area (Å²) in [6.45, 7) is 1.73. The average molecular weight is 457 g/mol. The summed E-state index contributed by atoms with van der Waals surface area (Å²) in [6.07, 6.45) is -0.745. The minimum atomic E-state index is -0.865. The minimum Gasteiger partial charge on any atom is -0.422 e. The van der Waals surface area contributed by atoms with Gasteiger partial charge in [0.25, 0.3) is 11.8 Å². The van der Waals surface area contributed by atoms with Gasteiger partial charge in [0.15, 0.2) is 0 Å². The molecule has 0 radical (unpaired) electrons. The van der Waals surface area contributed by atoms with Gasteiger partial charge >= 0.3 is 11.6 Å². The van der Waals surface area contributed by atoms with Crippen molar-refractivity contribution in [1.82, 2.24) is 10.4 Å². The summed E-state index contributed by atoms with van der Waals surface area (Å²) in [5.74, 6) is -2.83. The molecule has 0 aliphatic carbocycles. The van der Waals surface area contributed by atoms with Crippen LogP contribution < -0.4 is 16.7 Å². The molecule has 3 amide bonds. The van der Waals surface area contributed by atoms with E-state index >= 15 is 0 Å². The highest BCUT2D eigenvalue weighted by molar-refractivity contribution is 6.01. The molecule has 2 aromatic rings. The number of hydrogen-bond acceptors (Lipinski definition) is 9. The highest BCUT2D eigenvalue weighted by Crippen LogP contribution is 2.21. The molecular formula is C22H23N3O8. The molecule has 1 fully saturated rings. The van der Waals surface area contributed by atoms with Crippen molar-refractivity contribution >= 4 is 46.1 Å². The Kier molecular flexibility index (Phi) is 7.21. The van der Waals surface area contributed by atoms with Crippen molar-refractivity contribution in [3.05, 3.63) is 39.7 Å². The van der Waals surface area contributed by atoms with Crippen LogP contribution in [0.1, 0.15) is 43.2 Å². The van der Waals surface area contributed by atoms with Gasteiger partial charge in [-0.2, -0.15) is 0 Å². The molecule has 1 aromatic heterocycles. The van der Waals surface area contributed by atoms with Crippen LogP contribution in [0.2, 0.25) is 0 Å². The van der Waals surface area contributed by atoms with Crippen molar-refractivity contribution in [1.29, 1.82) is 0 Å². The number of imide groups is 1. The van der Waals surface area contributed by atoms with Crippen LogP contribution in [0.15, 0.2) is 27.4 Å². The number of anilines is 1. The number of ketones is 1. The van der Waals surface area contributed by atoms with Crippen LogP contribution in [-0.2, 0) is 35.2 Å². The second kappa shape index (κ2) is 10.1. The largest absolute Gasteiger partial charge is 0.422 e. The number of benzene rings is 1. The van der Waals surface area contributed by atoms with Gasteiger partial charge in [-0.1, -0.05) is 0 Å². The molecule has 1 aromatic carbocycles. The van der Waals surface area contributed by atoms with E-state index in [2.05, 4.69) is 10.2 Å². The fourth-order valence-corrected chi connectivity index (χ4v) is 3.35. The Morgan fingerprint density at radius 2 is 1.79 bits per heavy atom. The molecule has 174 valence electrons. The van der Waals surface area contributed by atoms with E-state index in [9.17, 15) is 28.8 Å². The number of Topliss-reactive ketones (excluding diaryl/α,β-unsaturated/α-hetero) is 1. The van der Waals surface area contributed by atoms with Gasteiger partial charge in [0.05, 0.1) is 18.4 Å². The zero-order chi connectivity index (χ0) is 24.1. The van der Waals surface area contributed by atoms with Crippen molar-refractivity contribution in [3.63, 3.8) is 0 Å². The summed E-state index contributed by atoms with van der Waals surface area (Å²) >= 11 is 0. The summed E-state index contributed by atoms with van der Waals surface area (Å²) in [4.78, 5) is 75.7. The van der Waals surface area contributed by atoms with Crippen LogP contribution in [0.25, 0.3) is 11.0 Å². The number of rotatable bonds is 9. The third-order valence-electron chi connectivity index (χ3n) is 5.18. The van der Waals surface area contributed by atoms with E-state index in [4.69, 9.17) is 10.2 Å². The molecule has 33 heavy (non-hydrogen) atoms. The molecule has 0 saturated carbocycles. The molecule has 0 atom stereocenters. The number of nitrogens with two attached hydrogens (primary N) is 1. The normalized spacial score (nSPS) is 13.4. The second-order valence-corrected chi connectivity index (χ2v) is 7.61. The molecule has 1 aliphatic rings. The Morgan fingerprint density at radius 3 is 2.48 bits per heavy atom. The van der Waals surface area contributed by atoms with E-state index in [-0.39, 0.29) is 56.4 Å². The number of amides is 3.